The molecule has 0 fully saturated rings. The number of aryl methyl sites for hydroxylation is 1. The Balaban J connectivity index is 1.90. The van der Waals surface area contributed by atoms with Gasteiger partial charge in [-0.05, 0) is 29.5 Å². The van der Waals surface area contributed by atoms with E-state index in [9.17, 15) is 19.2 Å². The number of carbonyl (C=O) groups is 4. The number of nitrogens with two attached hydrogens (primary N) is 1. The number of nitrogens with one attached hydrogen (secondary N) is 2. The van der Waals surface area contributed by atoms with Crippen LogP contribution >= 0.6 is 0 Å². The number of hydrogen-bond donors (Lipinski definition) is 4. The molecule has 2 aromatic rings. The molecular weight excluding hydrogens is 386 g/mol. The van der Waals surface area contributed by atoms with Crippen molar-refractivity contribution in [2.45, 2.75) is 31.7 Å². The molecule has 1 atom stereocenters. The van der Waals surface area contributed by atoms with E-state index >= 15 is 0 Å². The number of amides is 3. The minimum Gasteiger partial charge on any atom is -0.481 e. The zero-order chi connectivity index (χ0) is 21.9. The van der Waals surface area contributed by atoms with Gasteiger partial charge in [-0.3, -0.25) is 19.2 Å². The van der Waals surface area contributed by atoms with E-state index in [0.29, 0.717) is 6.42 Å². The molecule has 0 radical (unpaired) electrons. The molecule has 2 aromatic carbocycles. The van der Waals surface area contributed by atoms with Gasteiger partial charge in [0.25, 0.3) is 0 Å². The van der Waals surface area contributed by atoms with Gasteiger partial charge >= 0.3 is 5.97 Å². The summed E-state index contributed by atoms with van der Waals surface area (Å²) >= 11 is 0. The highest BCUT2D eigenvalue weighted by Crippen LogP contribution is 2.19. The Morgan fingerprint density at radius 1 is 0.900 bits per heavy atom. The number of primary amides is 1. The summed E-state index contributed by atoms with van der Waals surface area (Å²) in [4.78, 5) is 46.0. The number of hydrogen-bond acceptors (Lipinski definition) is 4. The minimum absolute atomic E-state index is 0.0859. The zero-order valence-electron chi connectivity index (χ0n) is 16.5. The summed E-state index contributed by atoms with van der Waals surface area (Å²) in [5, 5.41) is 13.7. The molecule has 0 bridgehead atoms. The molecule has 3 amide bonds. The molecule has 8 nitrogen and oxygen atoms in total. The summed E-state index contributed by atoms with van der Waals surface area (Å²) in [5.41, 5.74) is 8.13. The highest BCUT2D eigenvalue weighted by Gasteiger charge is 2.21. The van der Waals surface area contributed by atoms with Crippen molar-refractivity contribution in [3.8, 4) is 11.1 Å². The van der Waals surface area contributed by atoms with Crippen LogP contribution in [0.3, 0.4) is 0 Å². The van der Waals surface area contributed by atoms with Crippen molar-refractivity contribution in [2.24, 2.45) is 5.73 Å². The van der Waals surface area contributed by atoms with Crippen LogP contribution in [0.15, 0.2) is 54.6 Å². The Morgan fingerprint density at radius 3 is 2.13 bits per heavy atom. The van der Waals surface area contributed by atoms with E-state index in [0.717, 1.165) is 16.7 Å². The third kappa shape index (κ3) is 7.75. The number of rotatable bonds is 11. The standard InChI is InChI=1S/C22H25N3O5/c23-19(26)14-24-22(30)18(11-13-21(28)29)25-20(27)12-8-15-6-9-17(10-7-15)16-4-2-1-3-5-16/h1-7,9-10,18H,8,11-14H2,(H2,23,26)(H,24,30)(H,25,27)(H,28,29). The van der Waals surface area contributed by atoms with Gasteiger partial charge in [-0.25, -0.2) is 0 Å². The SMILES string of the molecule is NC(=O)CNC(=O)C(CCC(=O)O)NC(=O)CCc1ccc(-c2ccccc2)cc1. The molecule has 158 valence electrons. The fourth-order valence-corrected chi connectivity index (χ4v) is 2.85. The van der Waals surface area contributed by atoms with Crippen molar-refractivity contribution in [3.05, 3.63) is 60.2 Å². The van der Waals surface area contributed by atoms with Crippen molar-refractivity contribution >= 4 is 23.7 Å². The molecule has 0 spiro atoms. The van der Waals surface area contributed by atoms with E-state index in [1.54, 1.807) is 0 Å². The third-order valence-corrected chi connectivity index (χ3v) is 4.44. The third-order valence-electron chi connectivity index (χ3n) is 4.44. The molecule has 0 heterocycles. The lowest BCUT2D eigenvalue weighted by atomic mass is 10.0. The first-order valence-electron chi connectivity index (χ1n) is 9.56. The maximum Gasteiger partial charge on any atom is 0.303 e. The van der Waals surface area contributed by atoms with Crippen molar-refractivity contribution < 1.29 is 24.3 Å². The average Bonchev–Trinajstić information content (AvgIpc) is 2.74. The Hall–Kier alpha value is -3.68. The largest absolute Gasteiger partial charge is 0.481 e. The molecule has 5 N–H and O–H groups in total. The molecule has 2 rings (SSSR count). The van der Waals surface area contributed by atoms with Crippen molar-refractivity contribution in [1.29, 1.82) is 0 Å². The highest BCUT2D eigenvalue weighted by molar-refractivity contribution is 5.90. The summed E-state index contributed by atoms with van der Waals surface area (Å²) < 4.78 is 0. The quantitative estimate of drug-likeness (QED) is 0.441. The predicted octanol–water partition coefficient (Wildman–Crippen LogP) is 1.24. The second-order valence-electron chi connectivity index (χ2n) is 6.80. The first-order chi connectivity index (χ1) is 14.3. The predicted molar refractivity (Wildman–Crippen MR) is 111 cm³/mol. The van der Waals surface area contributed by atoms with Crippen LogP contribution in [-0.2, 0) is 25.6 Å². The van der Waals surface area contributed by atoms with Crippen LogP contribution in [0.5, 0.6) is 0 Å². The molecule has 0 aliphatic rings. The minimum atomic E-state index is -1.09. The van der Waals surface area contributed by atoms with Crippen LogP contribution in [0, 0.1) is 0 Å². The highest BCUT2D eigenvalue weighted by atomic mass is 16.4. The van der Waals surface area contributed by atoms with Crippen LogP contribution < -0.4 is 16.4 Å². The van der Waals surface area contributed by atoms with Crippen LogP contribution in [0.25, 0.3) is 11.1 Å². The molecule has 0 aromatic heterocycles. The zero-order valence-corrected chi connectivity index (χ0v) is 16.5. The lowest BCUT2D eigenvalue weighted by Gasteiger charge is -2.17. The lowest BCUT2D eigenvalue weighted by Crippen LogP contribution is -2.48. The van der Waals surface area contributed by atoms with Gasteiger partial charge < -0.3 is 21.5 Å². The number of aliphatic carboxylic acids is 1. The van der Waals surface area contributed by atoms with E-state index in [4.69, 9.17) is 10.8 Å². The van der Waals surface area contributed by atoms with Crippen LogP contribution in [-0.4, -0.2) is 41.4 Å². The van der Waals surface area contributed by atoms with Gasteiger partial charge in [-0.1, -0.05) is 54.6 Å². The molecule has 1 unspecified atom stereocenters. The smallest absolute Gasteiger partial charge is 0.303 e. The van der Waals surface area contributed by atoms with E-state index in [-0.39, 0.29) is 31.7 Å². The molecule has 0 aliphatic heterocycles. The topological polar surface area (TPSA) is 139 Å². The molecule has 8 heteroatoms. The van der Waals surface area contributed by atoms with E-state index in [1.165, 1.54) is 0 Å². The lowest BCUT2D eigenvalue weighted by molar-refractivity contribution is -0.138. The first kappa shape index (κ1) is 22.6. The number of carbonyl (C=O) groups excluding carboxylic acids is 3. The summed E-state index contributed by atoms with van der Waals surface area (Å²) in [6.45, 7) is -0.383. The maximum absolute atomic E-state index is 12.3. The average molecular weight is 411 g/mol. The van der Waals surface area contributed by atoms with E-state index in [2.05, 4.69) is 10.6 Å². The van der Waals surface area contributed by atoms with Gasteiger partial charge in [0.1, 0.15) is 6.04 Å². The van der Waals surface area contributed by atoms with E-state index < -0.39 is 23.8 Å². The van der Waals surface area contributed by atoms with Gasteiger partial charge in [0.2, 0.25) is 17.7 Å². The molecular formula is C22H25N3O5. The second kappa shape index (κ2) is 11.4. The van der Waals surface area contributed by atoms with Crippen molar-refractivity contribution in [3.63, 3.8) is 0 Å². The summed E-state index contributed by atoms with van der Waals surface area (Å²) in [6.07, 6.45) is 0.222. The molecule has 30 heavy (non-hydrogen) atoms. The second-order valence-corrected chi connectivity index (χ2v) is 6.80. The van der Waals surface area contributed by atoms with Crippen LogP contribution in [0.4, 0.5) is 0 Å². The van der Waals surface area contributed by atoms with Gasteiger partial charge in [0, 0.05) is 12.8 Å². The fraction of sp³-hybridized carbons (Fsp3) is 0.273. The Labute approximate surface area is 174 Å². The number of benzene rings is 2. The van der Waals surface area contributed by atoms with Crippen LogP contribution in [0.2, 0.25) is 0 Å². The van der Waals surface area contributed by atoms with Gasteiger partial charge in [-0.2, -0.15) is 0 Å². The number of carboxylic acids is 1. The van der Waals surface area contributed by atoms with Crippen molar-refractivity contribution in [2.75, 3.05) is 6.54 Å². The maximum atomic E-state index is 12.3. The van der Waals surface area contributed by atoms with Gasteiger partial charge in [-0.15, -0.1) is 0 Å². The Morgan fingerprint density at radius 2 is 1.53 bits per heavy atom. The fourth-order valence-electron chi connectivity index (χ4n) is 2.85. The van der Waals surface area contributed by atoms with E-state index in [1.807, 2.05) is 54.6 Å². The van der Waals surface area contributed by atoms with Gasteiger partial charge in [0.05, 0.1) is 6.54 Å². The molecule has 0 aliphatic carbocycles. The molecule has 0 saturated heterocycles. The van der Waals surface area contributed by atoms with Crippen molar-refractivity contribution in [1.82, 2.24) is 10.6 Å². The van der Waals surface area contributed by atoms with Crippen LogP contribution in [0.1, 0.15) is 24.8 Å². The summed E-state index contributed by atoms with van der Waals surface area (Å²) in [6, 6.07) is 16.7. The summed E-state index contributed by atoms with van der Waals surface area (Å²) in [7, 11) is 0. The Bertz CT molecular complexity index is 881. The number of carboxylic acid groups (broad SMARTS) is 1. The normalized spacial score (nSPS) is 11.3. The monoisotopic (exact) mass is 411 g/mol. The van der Waals surface area contributed by atoms with Gasteiger partial charge in [0.15, 0.2) is 0 Å². The Kier molecular flexibility index (Phi) is 8.56. The summed E-state index contributed by atoms with van der Waals surface area (Å²) in [5.74, 6) is -2.84. The molecule has 0 saturated carbocycles. The first-order valence-corrected chi connectivity index (χ1v) is 9.56.